The van der Waals surface area contributed by atoms with Gasteiger partial charge < -0.3 is 19.7 Å². The summed E-state index contributed by atoms with van der Waals surface area (Å²) in [6.07, 6.45) is 1.90. The maximum atomic E-state index is 11.4. The first kappa shape index (κ1) is 13.0. The highest BCUT2D eigenvalue weighted by atomic mass is 16.4. The Balaban J connectivity index is 2.54. The zero-order valence-electron chi connectivity index (χ0n) is 9.77. The van der Waals surface area contributed by atoms with Gasteiger partial charge in [0.1, 0.15) is 12.8 Å². The van der Waals surface area contributed by atoms with Crippen molar-refractivity contribution >= 4 is 17.9 Å². The zero-order valence-corrected chi connectivity index (χ0v) is 9.77. The number of hydrogen-bond acceptors (Lipinski definition) is 5. The summed E-state index contributed by atoms with van der Waals surface area (Å²) in [6, 6.07) is 0.106. The fraction of sp³-hybridized carbons (Fsp3) is 0.500. The van der Waals surface area contributed by atoms with Gasteiger partial charge in [-0.3, -0.25) is 4.79 Å². The van der Waals surface area contributed by atoms with E-state index in [4.69, 9.17) is 9.52 Å². The van der Waals surface area contributed by atoms with Gasteiger partial charge >= 0.3 is 5.97 Å². The normalized spacial score (nSPS) is 10.0. The second-order valence-corrected chi connectivity index (χ2v) is 3.53. The molecular weight excluding hydrogens is 226 g/mol. The van der Waals surface area contributed by atoms with Crippen LogP contribution in [0.5, 0.6) is 0 Å². The summed E-state index contributed by atoms with van der Waals surface area (Å²) in [5.41, 5.74) is -0.180. The van der Waals surface area contributed by atoms with Gasteiger partial charge in [0.2, 0.25) is 5.91 Å². The Morgan fingerprint density at radius 1 is 1.59 bits per heavy atom. The molecule has 0 aliphatic heterocycles. The molecule has 1 aromatic heterocycles. The Morgan fingerprint density at radius 2 is 2.29 bits per heavy atom. The summed E-state index contributed by atoms with van der Waals surface area (Å²) in [7, 11) is 1.60. The summed E-state index contributed by atoms with van der Waals surface area (Å²) >= 11 is 0. The minimum atomic E-state index is -1.16. The molecule has 0 aromatic carbocycles. The molecule has 2 N–H and O–H groups in total. The molecule has 0 saturated heterocycles. The van der Waals surface area contributed by atoms with Crippen LogP contribution in [0.25, 0.3) is 0 Å². The molecule has 0 aliphatic carbocycles. The molecule has 0 spiro atoms. The van der Waals surface area contributed by atoms with Crippen LogP contribution < -0.4 is 10.2 Å². The van der Waals surface area contributed by atoms with Gasteiger partial charge in [-0.25, -0.2) is 4.79 Å². The first-order valence-corrected chi connectivity index (χ1v) is 5.21. The lowest BCUT2D eigenvalue weighted by Crippen LogP contribution is -2.35. The molecule has 7 heteroatoms. The lowest BCUT2D eigenvalue weighted by Gasteiger charge is -2.13. The van der Waals surface area contributed by atoms with Crippen molar-refractivity contribution in [2.24, 2.45) is 0 Å². The van der Waals surface area contributed by atoms with Crippen molar-refractivity contribution in [3.63, 3.8) is 0 Å². The fourth-order valence-electron chi connectivity index (χ4n) is 1.14. The van der Waals surface area contributed by atoms with Crippen molar-refractivity contribution in [3.05, 3.63) is 12.0 Å². The Kier molecular flexibility index (Phi) is 4.50. The summed E-state index contributed by atoms with van der Waals surface area (Å²) in [4.78, 5) is 27.1. The average Bonchev–Trinajstić information content (AvgIpc) is 2.75. The highest BCUT2D eigenvalue weighted by Gasteiger charge is 2.15. The zero-order chi connectivity index (χ0) is 12.8. The molecule has 0 atom stereocenters. The van der Waals surface area contributed by atoms with Gasteiger partial charge in [-0.15, -0.1) is 0 Å². The van der Waals surface area contributed by atoms with Crippen LogP contribution in [0, 0.1) is 0 Å². The van der Waals surface area contributed by atoms with E-state index in [0.29, 0.717) is 6.54 Å². The lowest BCUT2D eigenvalue weighted by atomic mass is 10.4. The van der Waals surface area contributed by atoms with Crippen LogP contribution in [-0.2, 0) is 4.79 Å². The molecule has 1 amide bonds. The standard InChI is InChI=1S/C10H15N3O4/c1-3-4-11-8(14)5-13(2)10-12-7(6-17-10)9(15)16/h6H,3-5H2,1-2H3,(H,11,14)(H,15,16). The monoisotopic (exact) mass is 241 g/mol. The maximum Gasteiger partial charge on any atom is 0.357 e. The number of carboxylic acids is 1. The number of anilines is 1. The molecule has 0 fully saturated rings. The number of amides is 1. The minimum absolute atomic E-state index is 0.0690. The molecule has 1 heterocycles. The van der Waals surface area contributed by atoms with E-state index in [2.05, 4.69) is 10.3 Å². The van der Waals surface area contributed by atoms with E-state index in [1.165, 1.54) is 4.90 Å². The number of nitrogens with one attached hydrogen (secondary N) is 1. The first-order chi connectivity index (χ1) is 8.04. The van der Waals surface area contributed by atoms with Gasteiger partial charge in [-0.1, -0.05) is 6.92 Å². The quantitative estimate of drug-likeness (QED) is 0.745. The predicted molar refractivity (Wildman–Crippen MR) is 60.0 cm³/mol. The van der Waals surface area contributed by atoms with Gasteiger partial charge in [-0.2, -0.15) is 4.98 Å². The van der Waals surface area contributed by atoms with E-state index in [9.17, 15) is 9.59 Å². The fourth-order valence-corrected chi connectivity index (χ4v) is 1.14. The number of aromatic nitrogens is 1. The molecule has 1 aromatic rings. The van der Waals surface area contributed by atoms with Crippen LogP contribution in [0.2, 0.25) is 0 Å². The van der Waals surface area contributed by atoms with Crippen molar-refractivity contribution in [1.82, 2.24) is 10.3 Å². The molecule has 0 unspecified atom stereocenters. The van der Waals surface area contributed by atoms with Crippen molar-refractivity contribution in [2.75, 3.05) is 25.0 Å². The molecule has 1 rings (SSSR count). The first-order valence-electron chi connectivity index (χ1n) is 5.21. The summed E-state index contributed by atoms with van der Waals surface area (Å²) in [5, 5.41) is 11.4. The molecule has 0 bridgehead atoms. The van der Waals surface area contributed by atoms with Crippen molar-refractivity contribution < 1.29 is 19.1 Å². The van der Waals surface area contributed by atoms with Crippen LogP contribution in [-0.4, -0.2) is 42.1 Å². The van der Waals surface area contributed by atoms with E-state index in [1.54, 1.807) is 7.05 Å². The third-order valence-corrected chi connectivity index (χ3v) is 1.99. The van der Waals surface area contributed by atoms with Gasteiger partial charge in [-0.05, 0) is 6.42 Å². The smallest absolute Gasteiger partial charge is 0.357 e. The molecule has 94 valence electrons. The number of hydrogen-bond donors (Lipinski definition) is 2. The summed E-state index contributed by atoms with van der Waals surface area (Å²) < 4.78 is 4.95. The van der Waals surface area contributed by atoms with Crippen molar-refractivity contribution in [2.45, 2.75) is 13.3 Å². The van der Waals surface area contributed by atoms with Crippen LogP contribution in [0.1, 0.15) is 23.8 Å². The Morgan fingerprint density at radius 3 is 2.82 bits per heavy atom. The third kappa shape index (κ3) is 3.78. The van der Waals surface area contributed by atoms with Crippen molar-refractivity contribution in [3.8, 4) is 0 Å². The van der Waals surface area contributed by atoms with Crippen LogP contribution in [0.15, 0.2) is 10.7 Å². The van der Waals surface area contributed by atoms with E-state index in [1.807, 2.05) is 6.92 Å². The van der Waals surface area contributed by atoms with E-state index < -0.39 is 5.97 Å². The molecule has 7 nitrogen and oxygen atoms in total. The largest absolute Gasteiger partial charge is 0.476 e. The number of carbonyl (C=O) groups is 2. The Bertz CT molecular complexity index is 402. The molecule has 0 aliphatic rings. The van der Waals surface area contributed by atoms with Gasteiger partial charge in [0.05, 0.1) is 0 Å². The number of nitrogens with zero attached hydrogens (tertiary/aromatic N) is 2. The predicted octanol–water partition coefficient (Wildman–Crippen LogP) is 0.335. The lowest BCUT2D eigenvalue weighted by molar-refractivity contribution is -0.119. The molecular formula is C10H15N3O4. The summed E-state index contributed by atoms with van der Waals surface area (Å²) in [6.45, 7) is 2.63. The van der Waals surface area contributed by atoms with Gasteiger partial charge in [0, 0.05) is 13.6 Å². The Labute approximate surface area is 98.4 Å². The number of rotatable bonds is 6. The van der Waals surface area contributed by atoms with Crippen LogP contribution in [0.4, 0.5) is 6.01 Å². The second kappa shape index (κ2) is 5.88. The average molecular weight is 241 g/mol. The second-order valence-electron chi connectivity index (χ2n) is 3.53. The highest BCUT2D eigenvalue weighted by molar-refractivity contribution is 5.85. The SMILES string of the molecule is CCCNC(=O)CN(C)c1nc(C(=O)O)co1. The van der Waals surface area contributed by atoms with Crippen molar-refractivity contribution in [1.29, 1.82) is 0 Å². The van der Waals surface area contributed by atoms with Crippen LogP contribution >= 0.6 is 0 Å². The van der Waals surface area contributed by atoms with E-state index in [-0.39, 0.29) is 24.2 Å². The highest BCUT2D eigenvalue weighted by Crippen LogP contribution is 2.11. The number of carbonyl (C=O) groups excluding carboxylic acids is 1. The van der Waals surface area contributed by atoms with Gasteiger partial charge in [0.15, 0.2) is 5.69 Å². The van der Waals surface area contributed by atoms with E-state index >= 15 is 0 Å². The number of likely N-dealkylation sites (N-methyl/N-ethyl adjacent to an activating group) is 1. The molecule has 0 saturated carbocycles. The number of oxazole rings is 1. The molecule has 0 radical (unpaired) electrons. The molecule has 17 heavy (non-hydrogen) atoms. The van der Waals surface area contributed by atoms with Gasteiger partial charge in [0.25, 0.3) is 6.01 Å². The topological polar surface area (TPSA) is 95.7 Å². The third-order valence-electron chi connectivity index (χ3n) is 1.99. The minimum Gasteiger partial charge on any atom is -0.476 e. The maximum absolute atomic E-state index is 11.4. The van der Waals surface area contributed by atoms with E-state index in [0.717, 1.165) is 12.7 Å². The van der Waals surface area contributed by atoms with Crippen LogP contribution in [0.3, 0.4) is 0 Å². The number of carboxylic acid groups (broad SMARTS) is 1. The summed E-state index contributed by atoms with van der Waals surface area (Å²) in [5.74, 6) is -1.33. The Hall–Kier alpha value is -2.05. The number of aromatic carboxylic acids is 1.